The third-order valence-corrected chi connectivity index (χ3v) is 9.99. The van der Waals surface area contributed by atoms with E-state index in [9.17, 15) is 16.8 Å². The normalized spacial score (nSPS) is 19.5. The zero-order valence-electron chi connectivity index (χ0n) is 28.1. The lowest BCUT2D eigenvalue weighted by atomic mass is 9.49. The Balaban J connectivity index is 0.000000244. The molecule has 0 radical (unpaired) electrons. The molecule has 2 fully saturated rings. The molecule has 4 rings (SSSR count). The summed E-state index contributed by atoms with van der Waals surface area (Å²) in [5, 5.41) is 17.7. The Hall–Kier alpha value is -1.41. The van der Waals surface area contributed by atoms with E-state index in [2.05, 4.69) is 30.6 Å². The van der Waals surface area contributed by atoms with E-state index in [1.807, 2.05) is 61.5 Å². The SMILES string of the molecule is CC1(C)OB(B2OC(C)(C)C(C)(C)O2)OC1(C)C.CS(=O)(=O)CCc1cncc(Br)c1.CS(=O)(=O)NCc1cncc(B(O)O)c1. The Labute approximate surface area is 283 Å². The van der Waals surface area contributed by atoms with Crippen LogP contribution in [0.2, 0.25) is 0 Å². The standard InChI is InChI=1S/C12H24B2O4.C8H10BrNO2S.C7H11BN2O4S/c1-9(2)10(3,4)16-13(15-9)14-17-11(5,6)12(7,8)18-14;1-13(11,12)3-2-7-4-8(9)6-10-5-7;1-15(13,14)10-4-6-2-7(8(11)12)5-9-3-6/h1-8H3;4-6H,2-3H2,1H3;2-3,5,10-12H,4H2,1H3. The first-order chi connectivity index (χ1) is 20.7. The monoisotopic (exact) mass is 747 g/mol. The van der Waals surface area contributed by atoms with Gasteiger partial charge in [0.1, 0.15) is 9.84 Å². The van der Waals surface area contributed by atoms with E-state index in [1.165, 1.54) is 24.7 Å². The fourth-order valence-electron chi connectivity index (χ4n) is 3.86. The summed E-state index contributed by atoms with van der Waals surface area (Å²) in [6.45, 7) is 16.3. The van der Waals surface area contributed by atoms with Crippen LogP contribution >= 0.6 is 15.9 Å². The van der Waals surface area contributed by atoms with E-state index < -0.39 is 41.0 Å². The number of pyridine rings is 2. The molecule has 0 amide bonds. The molecule has 2 aromatic rings. The molecule has 2 aromatic heterocycles. The molecule has 13 nitrogen and oxygen atoms in total. The highest BCUT2D eigenvalue weighted by Gasteiger charge is 2.63. The number of hydrogen-bond donors (Lipinski definition) is 3. The Kier molecular flexibility index (Phi) is 13.7. The third kappa shape index (κ3) is 12.6. The molecule has 0 bridgehead atoms. The number of aromatic nitrogens is 2. The quantitative estimate of drug-likeness (QED) is 0.332. The smallest absolute Gasteiger partial charge is 0.423 e. The summed E-state index contributed by atoms with van der Waals surface area (Å²) < 4.78 is 70.3. The van der Waals surface area contributed by atoms with Gasteiger partial charge in [0.25, 0.3) is 0 Å². The van der Waals surface area contributed by atoms with Gasteiger partial charge >= 0.3 is 21.1 Å². The minimum absolute atomic E-state index is 0.0758. The predicted octanol–water partition coefficient (Wildman–Crippen LogP) is 1.49. The molecule has 0 spiro atoms. The number of halogens is 1. The van der Waals surface area contributed by atoms with Crippen molar-refractivity contribution in [2.24, 2.45) is 0 Å². The van der Waals surface area contributed by atoms with Gasteiger partial charge in [-0.15, -0.1) is 0 Å². The zero-order valence-corrected chi connectivity index (χ0v) is 31.3. The topological polar surface area (TPSA) is 183 Å². The summed E-state index contributed by atoms with van der Waals surface area (Å²) in [6.07, 6.45) is 8.90. The van der Waals surface area contributed by atoms with Crippen LogP contribution in [0.4, 0.5) is 0 Å². The maximum atomic E-state index is 10.9. The van der Waals surface area contributed by atoms with Crippen LogP contribution in [-0.4, -0.2) is 98.7 Å². The van der Waals surface area contributed by atoms with E-state index in [-0.39, 0.29) is 40.2 Å². The predicted molar refractivity (Wildman–Crippen MR) is 183 cm³/mol. The number of nitrogens with zero attached hydrogens (tertiary/aromatic N) is 2. The lowest BCUT2D eigenvalue weighted by molar-refractivity contribution is 0.00578. The highest BCUT2D eigenvalue weighted by atomic mass is 79.9. The summed E-state index contributed by atoms with van der Waals surface area (Å²) in [5.41, 5.74) is 0.277. The van der Waals surface area contributed by atoms with E-state index in [4.69, 9.17) is 28.7 Å². The highest BCUT2D eigenvalue weighted by Crippen LogP contribution is 2.42. The van der Waals surface area contributed by atoms with Gasteiger partial charge < -0.3 is 28.7 Å². The second-order valence-electron chi connectivity index (χ2n) is 13.2. The van der Waals surface area contributed by atoms with Crippen LogP contribution in [0.1, 0.15) is 66.5 Å². The molecule has 2 aliphatic heterocycles. The molecule has 3 N–H and O–H groups in total. The van der Waals surface area contributed by atoms with Crippen LogP contribution < -0.4 is 10.2 Å². The van der Waals surface area contributed by atoms with Crippen molar-refractivity contribution in [3.8, 4) is 0 Å². The lowest BCUT2D eigenvalue weighted by Crippen LogP contribution is -2.41. The van der Waals surface area contributed by atoms with Gasteiger partial charge in [0, 0.05) is 47.5 Å². The first-order valence-electron chi connectivity index (χ1n) is 14.5. The van der Waals surface area contributed by atoms with E-state index >= 15 is 0 Å². The molecule has 2 aliphatic rings. The molecule has 46 heavy (non-hydrogen) atoms. The molecular weight excluding hydrogens is 703 g/mol. The van der Waals surface area contributed by atoms with Crippen molar-refractivity contribution in [3.63, 3.8) is 0 Å². The summed E-state index contributed by atoms with van der Waals surface area (Å²) >= 11 is 3.27. The summed E-state index contributed by atoms with van der Waals surface area (Å²) in [4.78, 5) is 7.69. The molecular formula is C27H45B3BrN3O10S2. The summed E-state index contributed by atoms with van der Waals surface area (Å²) in [7, 11) is -8.69. The van der Waals surface area contributed by atoms with Gasteiger partial charge in [0.15, 0.2) is 0 Å². The summed E-state index contributed by atoms with van der Waals surface area (Å²) in [6, 6.07) is 3.34. The largest absolute Gasteiger partial charge is 0.490 e. The van der Waals surface area contributed by atoms with Crippen molar-refractivity contribution in [3.05, 3.63) is 52.5 Å². The minimum Gasteiger partial charge on any atom is -0.423 e. The molecule has 2 saturated heterocycles. The molecule has 19 heteroatoms. The Morgan fingerprint density at radius 3 is 1.59 bits per heavy atom. The Morgan fingerprint density at radius 2 is 1.20 bits per heavy atom. The van der Waals surface area contributed by atoms with Crippen LogP contribution in [0.25, 0.3) is 0 Å². The number of sulfone groups is 1. The zero-order chi connectivity index (χ0) is 35.4. The second kappa shape index (κ2) is 15.4. The second-order valence-corrected chi connectivity index (χ2v) is 18.2. The van der Waals surface area contributed by atoms with Crippen LogP contribution in [0.15, 0.2) is 41.4 Å². The number of sulfonamides is 1. The van der Waals surface area contributed by atoms with Gasteiger partial charge in [-0.1, -0.05) is 6.07 Å². The van der Waals surface area contributed by atoms with E-state index in [0.29, 0.717) is 12.0 Å². The van der Waals surface area contributed by atoms with Gasteiger partial charge in [-0.3, -0.25) is 9.97 Å². The van der Waals surface area contributed by atoms with Gasteiger partial charge in [-0.05, 0) is 94.9 Å². The summed E-state index contributed by atoms with van der Waals surface area (Å²) in [5.74, 6) is 0.172. The fourth-order valence-corrected chi connectivity index (χ4v) is 5.30. The first kappa shape index (κ1) is 40.8. The number of aryl methyl sites for hydroxylation is 1. The Bertz CT molecular complexity index is 1480. The minimum atomic E-state index is -3.26. The molecule has 0 unspecified atom stereocenters. The van der Waals surface area contributed by atoms with Crippen molar-refractivity contribution < 1.29 is 45.5 Å². The number of hydrogen-bond acceptors (Lipinski definition) is 12. The average molecular weight is 748 g/mol. The van der Waals surface area contributed by atoms with Crippen molar-refractivity contribution in [2.75, 3.05) is 18.3 Å². The van der Waals surface area contributed by atoms with E-state index in [0.717, 1.165) is 16.3 Å². The van der Waals surface area contributed by atoms with E-state index in [1.54, 1.807) is 12.4 Å². The molecule has 4 heterocycles. The van der Waals surface area contributed by atoms with Crippen LogP contribution in [0, 0.1) is 0 Å². The maximum absolute atomic E-state index is 10.9. The molecule has 0 aliphatic carbocycles. The Morgan fingerprint density at radius 1 is 0.761 bits per heavy atom. The van der Waals surface area contributed by atoms with Gasteiger partial charge in [0.2, 0.25) is 10.0 Å². The number of nitrogens with one attached hydrogen (secondary N) is 1. The van der Waals surface area contributed by atoms with Crippen LogP contribution in [-0.2, 0) is 51.4 Å². The van der Waals surface area contributed by atoms with Crippen LogP contribution in [0.3, 0.4) is 0 Å². The van der Waals surface area contributed by atoms with Crippen molar-refractivity contribution in [2.45, 2.75) is 90.8 Å². The maximum Gasteiger partial charge on any atom is 0.490 e. The van der Waals surface area contributed by atoms with Crippen LogP contribution in [0.5, 0.6) is 0 Å². The van der Waals surface area contributed by atoms with Crippen molar-refractivity contribution in [1.82, 2.24) is 14.7 Å². The molecule has 0 aromatic carbocycles. The highest BCUT2D eigenvalue weighted by molar-refractivity contribution is 9.10. The van der Waals surface area contributed by atoms with Gasteiger partial charge in [0.05, 0.1) is 34.4 Å². The lowest BCUT2D eigenvalue weighted by Gasteiger charge is -2.32. The molecule has 0 atom stereocenters. The molecule has 256 valence electrons. The van der Waals surface area contributed by atoms with Gasteiger partial charge in [-0.2, -0.15) is 0 Å². The number of rotatable bonds is 8. The van der Waals surface area contributed by atoms with Crippen molar-refractivity contribution in [1.29, 1.82) is 0 Å². The first-order valence-corrected chi connectivity index (χ1v) is 19.2. The average Bonchev–Trinajstić information content (AvgIpc) is 3.26. The fraction of sp³-hybridized carbons (Fsp3) is 0.630. The van der Waals surface area contributed by atoms with Crippen molar-refractivity contribution >= 4 is 62.4 Å². The molecule has 0 saturated carbocycles. The van der Waals surface area contributed by atoms with Gasteiger partial charge in [-0.25, -0.2) is 21.6 Å². The third-order valence-electron chi connectivity index (χ3n) is 7.94.